The monoisotopic (exact) mass is 266 g/mol. The fourth-order valence-corrected chi connectivity index (χ4v) is 3.97. The van der Waals surface area contributed by atoms with Gasteiger partial charge in [-0.2, -0.15) is 0 Å². The molecule has 1 heterocycles. The third-order valence-corrected chi connectivity index (χ3v) is 5.33. The highest BCUT2D eigenvalue weighted by Crippen LogP contribution is 2.39. The Morgan fingerprint density at radius 2 is 1.84 bits per heavy atom. The molecule has 2 aliphatic rings. The summed E-state index contributed by atoms with van der Waals surface area (Å²) in [6, 6.07) is 1.42. The normalized spacial score (nSPS) is 32.1. The molecule has 1 saturated heterocycles. The predicted molar refractivity (Wildman–Crippen MR) is 83.5 cm³/mol. The fraction of sp³-hybridized carbons (Fsp3) is 1.00. The van der Waals surface area contributed by atoms with Gasteiger partial charge in [-0.3, -0.25) is 4.90 Å². The molecular weight excluding hydrogens is 232 g/mol. The summed E-state index contributed by atoms with van der Waals surface area (Å²) in [5.41, 5.74) is 0.565. The first kappa shape index (κ1) is 15.3. The molecule has 0 aromatic heterocycles. The second-order valence-corrected chi connectivity index (χ2v) is 7.70. The summed E-state index contributed by atoms with van der Waals surface area (Å²) in [5.74, 6) is 0.896. The minimum absolute atomic E-state index is 0.565. The molecule has 1 aliphatic carbocycles. The lowest BCUT2D eigenvalue weighted by atomic mass is 9.83. The summed E-state index contributed by atoms with van der Waals surface area (Å²) in [6.45, 7) is 13.3. The van der Waals surface area contributed by atoms with E-state index >= 15 is 0 Å². The van der Waals surface area contributed by atoms with Crippen LogP contribution in [0.1, 0.15) is 66.2 Å². The number of nitrogens with zero attached hydrogens (tertiary/aromatic N) is 1. The topological polar surface area (TPSA) is 15.3 Å². The quantitative estimate of drug-likeness (QED) is 0.817. The largest absolute Gasteiger partial charge is 0.314 e. The fourth-order valence-electron chi connectivity index (χ4n) is 3.97. The lowest BCUT2D eigenvalue weighted by molar-refractivity contribution is 0.0666. The standard InChI is InChI=1S/C17H34N2/c1-14(2)18-12-17(9-5-6-10-17)13-19-11-15(3)7-8-16(19)4/h14-16,18H,5-13H2,1-4H3. The first-order valence-electron chi connectivity index (χ1n) is 8.48. The van der Waals surface area contributed by atoms with Crippen LogP contribution in [0.2, 0.25) is 0 Å². The van der Waals surface area contributed by atoms with E-state index in [1.807, 2.05) is 0 Å². The summed E-state index contributed by atoms with van der Waals surface area (Å²) in [5, 5.41) is 3.72. The van der Waals surface area contributed by atoms with Gasteiger partial charge in [0.25, 0.3) is 0 Å². The SMILES string of the molecule is CC1CCC(C)N(CC2(CNC(C)C)CCCC2)C1. The third-order valence-electron chi connectivity index (χ3n) is 5.33. The maximum absolute atomic E-state index is 3.72. The summed E-state index contributed by atoms with van der Waals surface area (Å²) >= 11 is 0. The average Bonchev–Trinajstić information content (AvgIpc) is 2.81. The maximum Gasteiger partial charge on any atom is 0.00673 e. The molecule has 0 aromatic carbocycles. The molecule has 0 amide bonds. The van der Waals surface area contributed by atoms with Gasteiger partial charge >= 0.3 is 0 Å². The third kappa shape index (κ3) is 4.19. The minimum Gasteiger partial charge on any atom is -0.314 e. The first-order chi connectivity index (χ1) is 9.01. The number of piperidine rings is 1. The Balaban J connectivity index is 1.95. The second-order valence-electron chi connectivity index (χ2n) is 7.70. The van der Waals surface area contributed by atoms with Crippen LogP contribution in [-0.4, -0.2) is 36.6 Å². The van der Waals surface area contributed by atoms with Crippen molar-refractivity contribution >= 4 is 0 Å². The molecule has 2 fully saturated rings. The molecule has 2 unspecified atom stereocenters. The van der Waals surface area contributed by atoms with Gasteiger partial charge in [-0.1, -0.05) is 33.6 Å². The van der Waals surface area contributed by atoms with Gasteiger partial charge in [0.1, 0.15) is 0 Å². The Bertz CT molecular complexity index is 268. The van der Waals surface area contributed by atoms with E-state index in [1.54, 1.807) is 0 Å². The van der Waals surface area contributed by atoms with E-state index in [4.69, 9.17) is 0 Å². The number of rotatable bonds is 5. The van der Waals surface area contributed by atoms with Crippen LogP contribution in [0.15, 0.2) is 0 Å². The van der Waals surface area contributed by atoms with Gasteiger partial charge in [-0.25, -0.2) is 0 Å². The molecule has 0 bridgehead atoms. The van der Waals surface area contributed by atoms with Crippen LogP contribution in [0.25, 0.3) is 0 Å². The van der Waals surface area contributed by atoms with Crippen LogP contribution >= 0.6 is 0 Å². The zero-order valence-corrected chi connectivity index (χ0v) is 13.5. The van der Waals surface area contributed by atoms with Gasteiger partial charge in [0, 0.05) is 31.7 Å². The molecule has 112 valence electrons. The van der Waals surface area contributed by atoms with Crippen LogP contribution in [0, 0.1) is 11.3 Å². The summed E-state index contributed by atoms with van der Waals surface area (Å²) in [7, 11) is 0. The Kier molecular flexibility index (Phi) is 5.30. The molecule has 2 heteroatoms. The van der Waals surface area contributed by atoms with Crippen molar-refractivity contribution in [2.45, 2.75) is 78.3 Å². The number of likely N-dealkylation sites (tertiary alicyclic amines) is 1. The minimum atomic E-state index is 0.565. The van der Waals surface area contributed by atoms with Crippen molar-refractivity contribution in [2.24, 2.45) is 11.3 Å². The zero-order chi connectivity index (χ0) is 13.9. The van der Waals surface area contributed by atoms with Gasteiger partial charge in [-0.15, -0.1) is 0 Å². The molecule has 1 aliphatic heterocycles. The van der Waals surface area contributed by atoms with Crippen molar-refractivity contribution in [2.75, 3.05) is 19.6 Å². The molecule has 2 atom stereocenters. The van der Waals surface area contributed by atoms with Crippen molar-refractivity contribution < 1.29 is 0 Å². The zero-order valence-electron chi connectivity index (χ0n) is 13.5. The lowest BCUT2D eigenvalue weighted by Gasteiger charge is -2.43. The van der Waals surface area contributed by atoms with Crippen molar-refractivity contribution in [3.05, 3.63) is 0 Å². The van der Waals surface area contributed by atoms with Crippen molar-refractivity contribution in [1.29, 1.82) is 0 Å². The molecule has 1 N–H and O–H groups in total. The first-order valence-corrected chi connectivity index (χ1v) is 8.48. The highest BCUT2D eigenvalue weighted by atomic mass is 15.2. The van der Waals surface area contributed by atoms with Gasteiger partial charge < -0.3 is 5.32 Å². The maximum atomic E-state index is 3.72. The van der Waals surface area contributed by atoms with E-state index in [-0.39, 0.29) is 0 Å². The van der Waals surface area contributed by atoms with Crippen LogP contribution < -0.4 is 5.32 Å². The molecule has 0 aromatic rings. The van der Waals surface area contributed by atoms with Crippen LogP contribution in [-0.2, 0) is 0 Å². The Labute approximate surface area is 120 Å². The molecule has 0 radical (unpaired) electrons. The van der Waals surface area contributed by atoms with E-state index in [0.717, 1.165) is 12.0 Å². The summed E-state index contributed by atoms with van der Waals surface area (Å²) < 4.78 is 0. The van der Waals surface area contributed by atoms with Crippen LogP contribution in [0.3, 0.4) is 0 Å². The number of hydrogen-bond donors (Lipinski definition) is 1. The molecule has 19 heavy (non-hydrogen) atoms. The van der Waals surface area contributed by atoms with E-state index in [9.17, 15) is 0 Å². The predicted octanol–water partition coefficient (Wildman–Crippen LogP) is 3.67. The number of hydrogen-bond acceptors (Lipinski definition) is 2. The summed E-state index contributed by atoms with van der Waals surface area (Å²) in [6.07, 6.45) is 8.58. The van der Waals surface area contributed by atoms with Crippen molar-refractivity contribution in [3.63, 3.8) is 0 Å². The van der Waals surface area contributed by atoms with Crippen LogP contribution in [0.4, 0.5) is 0 Å². The van der Waals surface area contributed by atoms with E-state index in [1.165, 1.54) is 58.2 Å². The van der Waals surface area contributed by atoms with Crippen LogP contribution in [0.5, 0.6) is 0 Å². The number of nitrogens with one attached hydrogen (secondary N) is 1. The van der Waals surface area contributed by atoms with Gasteiger partial charge in [0.15, 0.2) is 0 Å². The van der Waals surface area contributed by atoms with Crippen molar-refractivity contribution in [1.82, 2.24) is 10.2 Å². The molecular formula is C17H34N2. The van der Waals surface area contributed by atoms with Gasteiger partial charge in [0.2, 0.25) is 0 Å². The smallest absolute Gasteiger partial charge is 0.00673 e. The molecule has 2 nitrogen and oxygen atoms in total. The molecule has 0 spiro atoms. The average molecular weight is 266 g/mol. The molecule has 2 rings (SSSR count). The van der Waals surface area contributed by atoms with Gasteiger partial charge in [0.05, 0.1) is 0 Å². The van der Waals surface area contributed by atoms with E-state index in [2.05, 4.69) is 37.9 Å². The Morgan fingerprint density at radius 3 is 2.47 bits per heavy atom. The highest BCUT2D eigenvalue weighted by molar-refractivity contribution is 4.92. The Hall–Kier alpha value is -0.0800. The van der Waals surface area contributed by atoms with Crippen molar-refractivity contribution in [3.8, 4) is 0 Å². The summed E-state index contributed by atoms with van der Waals surface area (Å²) in [4.78, 5) is 2.79. The highest BCUT2D eigenvalue weighted by Gasteiger charge is 2.37. The van der Waals surface area contributed by atoms with E-state index in [0.29, 0.717) is 11.5 Å². The van der Waals surface area contributed by atoms with Gasteiger partial charge in [-0.05, 0) is 43.9 Å². The second kappa shape index (κ2) is 6.58. The molecule has 1 saturated carbocycles. The lowest BCUT2D eigenvalue weighted by Crippen LogP contribution is -2.49. The Morgan fingerprint density at radius 1 is 1.16 bits per heavy atom. The van der Waals surface area contributed by atoms with E-state index < -0.39 is 0 Å².